The summed E-state index contributed by atoms with van der Waals surface area (Å²) in [6, 6.07) is 8.10. The van der Waals surface area contributed by atoms with E-state index in [1.165, 1.54) is 24.0 Å². The second kappa shape index (κ2) is 11.6. The number of halogens is 1. The SMILES string of the molecule is C=CCOCc1cc(-n2ncc3c2C=C2CC[C@@H]4[C@H]([C@@H](O)C[C@@]5(C)[C@H]4CC[C@]5(OC(=O)c4ccco4)C(=O)NC)[C@@]2(C)C3)ccc1F. The smallest absolute Gasteiger partial charge is 0.375 e. The Morgan fingerprint density at radius 2 is 2.11 bits per heavy atom. The third-order valence-electron chi connectivity index (χ3n) is 11.9. The summed E-state index contributed by atoms with van der Waals surface area (Å²) in [5, 5.41) is 19.6. The van der Waals surface area contributed by atoms with Crippen LogP contribution in [0.4, 0.5) is 4.39 Å². The van der Waals surface area contributed by atoms with E-state index >= 15 is 0 Å². The maximum Gasteiger partial charge on any atom is 0.375 e. The molecule has 0 radical (unpaired) electrons. The number of hydrogen-bond acceptors (Lipinski definition) is 7. The van der Waals surface area contributed by atoms with Crippen molar-refractivity contribution >= 4 is 18.0 Å². The quantitative estimate of drug-likeness (QED) is 0.181. The van der Waals surface area contributed by atoms with Gasteiger partial charge in [0.25, 0.3) is 5.91 Å². The third-order valence-corrected chi connectivity index (χ3v) is 11.9. The maximum atomic E-state index is 14.6. The minimum atomic E-state index is -1.43. The van der Waals surface area contributed by atoms with Crippen LogP contribution in [-0.2, 0) is 27.3 Å². The van der Waals surface area contributed by atoms with Gasteiger partial charge in [0.15, 0.2) is 5.60 Å². The van der Waals surface area contributed by atoms with Gasteiger partial charge in [-0.3, -0.25) is 4.79 Å². The van der Waals surface area contributed by atoms with Crippen molar-refractivity contribution in [3.63, 3.8) is 0 Å². The number of fused-ring (bicyclic) bond motifs is 6. The zero-order chi connectivity index (χ0) is 33.1. The van der Waals surface area contributed by atoms with E-state index in [0.29, 0.717) is 37.9 Å². The van der Waals surface area contributed by atoms with Crippen molar-refractivity contribution in [2.24, 2.45) is 28.6 Å². The van der Waals surface area contributed by atoms with Crippen LogP contribution in [0.5, 0.6) is 0 Å². The van der Waals surface area contributed by atoms with Gasteiger partial charge in [-0.05, 0) is 104 Å². The highest BCUT2D eigenvalue weighted by Gasteiger charge is 2.70. The number of nitrogens with one attached hydrogen (secondary N) is 1. The monoisotopic (exact) mass is 643 g/mol. The van der Waals surface area contributed by atoms with Crippen molar-refractivity contribution in [1.29, 1.82) is 0 Å². The van der Waals surface area contributed by atoms with Crippen LogP contribution < -0.4 is 5.32 Å². The zero-order valence-electron chi connectivity index (χ0n) is 27.1. The fourth-order valence-corrected chi connectivity index (χ4v) is 9.83. The highest BCUT2D eigenvalue weighted by atomic mass is 19.1. The van der Waals surface area contributed by atoms with E-state index in [0.717, 1.165) is 29.8 Å². The first-order valence-corrected chi connectivity index (χ1v) is 16.5. The fraction of sp³-hybridized carbons (Fsp3) is 0.486. The van der Waals surface area contributed by atoms with Crippen molar-refractivity contribution in [3.05, 3.63) is 89.4 Å². The summed E-state index contributed by atoms with van der Waals surface area (Å²) in [5.74, 6) is -1.14. The molecular formula is C37H42FN3O6. The Balaban J connectivity index is 1.19. The largest absolute Gasteiger partial charge is 0.457 e. The average Bonchev–Trinajstić information content (AvgIpc) is 3.79. The molecule has 4 aliphatic rings. The molecule has 3 aromatic rings. The number of aliphatic hydroxyl groups excluding tert-OH is 1. The molecule has 3 fully saturated rings. The summed E-state index contributed by atoms with van der Waals surface area (Å²) in [6.07, 6.45) is 10.2. The number of nitrogens with zero attached hydrogens (tertiary/aromatic N) is 2. The van der Waals surface area contributed by atoms with Crippen LogP contribution in [-0.4, -0.2) is 52.1 Å². The molecular weight excluding hydrogens is 601 g/mol. The first-order valence-electron chi connectivity index (χ1n) is 16.5. The standard InChI is InChI=1S/C37H42FN3O6/c1-5-14-45-21-22-16-25(9-11-28(22)38)41-29-17-24-8-10-26-27-12-13-37(34(44)39-4,47-33(43)31-7-6-15-46-31)36(27,3)19-30(42)32(26)35(24,2)18-23(29)20-40-41/h5-7,9,11,15-17,20,26-27,30,32,42H,1,8,10,12-14,18-19,21H2,2-4H3,(H,39,44)/t26-,27-,30-,32+,35-,36-,37-/m0/s1. The number of allylic oxidation sites excluding steroid dienone is 1. The number of likely N-dealkylation sites (N-methyl/N-ethyl adjacent to an activating group) is 1. The Morgan fingerprint density at radius 3 is 2.85 bits per heavy atom. The van der Waals surface area contributed by atoms with Crippen molar-refractivity contribution in [2.45, 2.75) is 70.7 Å². The van der Waals surface area contributed by atoms with Gasteiger partial charge in [0.2, 0.25) is 5.76 Å². The lowest BCUT2D eigenvalue weighted by Gasteiger charge is -2.60. The van der Waals surface area contributed by atoms with Gasteiger partial charge >= 0.3 is 5.97 Å². The van der Waals surface area contributed by atoms with Crippen molar-refractivity contribution in [1.82, 2.24) is 15.1 Å². The van der Waals surface area contributed by atoms with E-state index in [4.69, 9.17) is 19.0 Å². The van der Waals surface area contributed by atoms with Crippen LogP contribution in [0.3, 0.4) is 0 Å². The molecule has 0 bridgehead atoms. The van der Waals surface area contributed by atoms with Gasteiger partial charge in [-0.25, -0.2) is 13.9 Å². The predicted molar refractivity (Wildman–Crippen MR) is 172 cm³/mol. The number of carbonyl (C=O) groups excluding carboxylic acids is 2. The molecule has 7 rings (SSSR count). The number of furan rings is 1. The van der Waals surface area contributed by atoms with Crippen LogP contribution in [0.25, 0.3) is 11.8 Å². The lowest BCUT2D eigenvalue weighted by Crippen LogP contribution is -2.64. The highest BCUT2D eigenvalue weighted by Crippen LogP contribution is 2.68. The average molecular weight is 644 g/mol. The number of ether oxygens (including phenoxy) is 2. The Bertz CT molecular complexity index is 1750. The molecule has 9 nitrogen and oxygen atoms in total. The van der Waals surface area contributed by atoms with E-state index in [1.807, 2.05) is 17.8 Å². The molecule has 10 heteroatoms. The topological polar surface area (TPSA) is 116 Å². The Labute approximate surface area is 273 Å². The summed E-state index contributed by atoms with van der Waals surface area (Å²) in [4.78, 5) is 26.9. The molecule has 4 aliphatic carbocycles. The molecule has 7 atom stereocenters. The van der Waals surface area contributed by atoms with E-state index in [-0.39, 0.29) is 47.3 Å². The van der Waals surface area contributed by atoms with Gasteiger partial charge in [-0.15, -0.1) is 6.58 Å². The zero-order valence-corrected chi connectivity index (χ0v) is 27.1. The molecule has 0 saturated heterocycles. The molecule has 2 N–H and O–H groups in total. The molecule has 1 amide bonds. The molecule has 47 heavy (non-hydrogen) atoms. The highest BCUT2D eigenvalue weighted by molar-refractivity contribution is 5.93. The Kier molecular flexibility index (Phi) is 7.79. The molecule has 2 aromatic heterocycles. The number of hydrogen-bond donors (Lipinski definition) is 2. The molecule has 0 aliphatic heterocycles. The van der Waals surface area contributed by atoms with Gasteiger partial charge in [0.05, 0.1) is 43.2 Å². The van der Waals surface area contributed by atoms with Gasteiger partial charge < -0.3 is 24.3 Å². The van der Waals surface area contributed by atoms with E-state index in [2.05, 4.69) is 24.9 Å². The minimum Gasteiger partial charge on any atom is -0.457 e. The fourth-order valence-electron chi connectivity index (χ4n) is 9.83. The number of aliphatic hydroxyl groups is 1. The number of rotatable bonds is 8. The Morgan fingerprint density at radius 1 is 1.28 bits per heavy atom. The van der Waals surface area contributed by atoms with Crippen molar-refractivity contribution in [3.8, 4) is 5.69 Å². The summed E-state index contributed by atoms with van der Waals surface area (Å²) in [7, 11) is 1.56. The molecule has 2 heterocycles. The number of benzene rings is 1. The van der Waals surface area contributed by atoms with Crippen LogP contribution in [0.2, 0.25) is 0 Å². The summed E-state index contributed by atoms with van der Waals surface area (Å²) >= 11 is 0. The van der Waals surface area contributed by atoms with Crippen molar-refractivity contribution in [2.75, 3.05) is 13.7 Å². The molecule has 0 unspecified atom stereocenters. The number of esters is 1. The summed E-state index contributed by atoms with van der Waals surface area (Å²) < 4.78 is 33.4. The number of carbonyl (C=O) groups is 2. The molecule has 0 spiro atoms. The number of aromatic nitrogens is 2. The summed E-state index contributed by atoms with van der Waals surface area (Å²) in [5.41, 5.74) is 2.01. The second-order valence-electron chi connectivity index (χ2n) is 14.1. The molecule has 3 saturated carbocycles. The van der Waals surface area contributed by atoms with E-state index in [9.17, 15) is 19.1 Å². The number of amides is 1. The van der Waals surface area contributed by atoms with Gasteiger partial charge in [0, 0.05) is 18.0 Å². The second-order valence-corrected chi connectivity index (χ2v) is 14.1. The van der Waals surface area contributed by atoms with Crippen LogP contribution >= 0.6 is 0 Å². The summed E-state index contributed by atoms with van der Waals surface area (Å²) in [6.45, 7) is 8.40. The van der Waals surface area contributed by atoms with E-state index in [1.54, 1.807) is 31.3 Å². The van der Waals surface area contributed by atoms with Gasteiger partial charge in [-0.2, -0.15) is 5.10 Å². The van der Waals surface area contributed by atoms with Crippen LogP contribution in [0.1, 0.15) is 73.3 Å². The van der Waals surface area contributed by atoms with Gasteiger partial charge in [-0.1, -0.05) is 25.5 Å². The maximum absolute atomic E-state index is 14.6. The van der Waals surface area contributed by atoms with Crippen LogP contribution in [0.15, 0.2) is 65.4 Å². The first-order chi connectivity index (χ1) is 22.6. The lowest BCUT2D eigenvalue weighted by molar-refractivity contribution is -0.182. The lowest BCUT2D eigenvalue weighted by atomic mass is 9.45. The normalized spacial score (nSPS) is 32.3. The Hall–Kier alpha value is -4.02. The van der Waals surface area contributed by atoms with Crippen molar-refractivity contribution < 1.29 is 33.0 Å². The third kappa shape index (κ3) is 4.74. The minimum absolute atomic E-state index is 0.0437. The first kappa shape index (κ1) is 31.6. The van der Waals surface area contributed by atoms with Gasteiger partial charge in [0.1, 0.15) is 5.82 Å². The molecule has 1 aromatic carbocycles. The van der Waals surface area contributed by atoms with E-state index < -0.39 is 23.1 Å². The molecule has 248 valence electrons. The van der Waals surface area contributed by atoms with Crippen LogP contribution in [0, 0.1) is 34.4 Å². The predicted octanol–water partition coefficient (Wildman–Crippen LogP) is 5.80.